The van der Waals surface area contributed by atoms with Crippen molar-refractivity contribution >= 4 is 46.2 Å². The normalized spacial score (nSPS) is 19.4. The first kappa shape index (κ1) is 33.2. The van der Waals surface area contributed by atoms with Gasteiger partial charge in [-0.15, -0.1) is 0 Å². The zero-order chi connectivity index (χ0) is 33.8. The smallest absolute Gasteiger partial charge is 0.412 e. The lowest BCUT2D eigenvalue weighted by Crippen LogP contribution is -2.54. The number of esters is 1. The van der Waals surface area contributed by atoms with Crippen LogP contribution in [0.5, 0.6) is 5.75 Å². The average molecular weight is 656 g/mol. The van der Waals surface area contributed by atoms with Gasteiger partial charge in [0.15, 0.2) is 11.8 Å². The molecule has 2 atom stereocenters. The Morgan fingerprint density at radius 2 is 1.67 bits per heavy atom. The lowest BCUT2D eigenvalue weighted by atomic mass is 9.92. The number of pyridine rings is 1. The first-order valence-electron chi connectivity index (χ1n) is 17.2. The molecule has 48 heavy (non-hydrogen) atoms. The van der Waals surface area contributed by atoms with Gasteiger partial charge in [0.25, 0.3) is 0 Å². The molecule has 0 saturated carbocycles. The fourth-order valence-corrected chi connectivity index (χ4v) is 7.66. The molecule has 11 nitrogen and oxygen atoms in total. The molecule has 1 aliphatic carbocycles. The molecule has 2 aliphatic heterocycles. The Morgan fingerprint density at radius 3 is 2.44 bits per heavy atom. The topological polar surface area (TPSA) is 130 Å². The fourth-order valence-electron chi connectivity index (χ4n) is 7.66. The number of nitrogens with one attached hydrogen (secondary N) is 2. The number of ether oxygens (including phenoxy) is 2. The molecular weight excluding hydrogens is 610 g/mol. The van der Waals surface area contributed by atoms with E-state index >= 15 is 0 Å². The third kappa shape index (κ3) is 6.55. The van der Waals surface area contributed by atoms with Gasteiger partial charge in [-0.05, 0) is 68.4 Å². The first-order valence-corrected chi connectivity index (χ1v) is 17.2. The van der Waals surface area contributed by atoms with Crippen molar-refractivity contribution in [3.63, 3.8) is 0 Å². The molecule has 3 amide bonds. The number of carbonyl (C=O) groups is 4. The number of carbonyl (C=O) groups excluding carboxylic acids is 4. The Kier molecular flexibility index (Phi) is 9.84. The molecule has 11 heteroatoms. The fraction of sp³-hybridized carbons (Fsp3) is 0.486. The molecule has 0 bridgehead atoms. The number of likely N-dealkylation sites (tertiary alicyclic amines) is 1. The van der Waals surface area contributed by atoms with Gasteiger partial charge in [-0.25, -0.2) is 4.79 Å². The molecule has 1 aromatic heterocycles. The van der Waals surface area contributed by atoms with Gasteiger partial charge >= 0.3 is 12.1 Å². The van der Waals surface area contributed by atoms with Gasteiger partial charge in [0, 0.05) is 69.2 Å². The minimum Gasteiger partial charge on any atom is -0.450 e. The first-order chi connectivity index (χ1) is 23.2. The minimum atomic E-state index is -1.24. The van der Waals surface area contributed by atoms with Crippen LogP contribution in [0, 0.1) is 0 Å². The van der Waals surface area contributed by atoms with Gasteiger partial charge in [0.1, 0.15) is 5.75 Å². The summed E-state index contributed by atoms with van der Waals surface area (Å²) in [6, 6.07) is 13.3. The van der Waals surface area contributed by atoms with Gasteiger partial charge in [-0.3, -0.25) is 24.3 Å². The van der Waals surface area contributed by atoms with Gasteiger partial charge in [-0.1, -0.05) is 37.5 Å². The van der Waals surface area contributed by atoms with E-state index in [4.69, 9.17) is 14.5 Å². The van der Waals surface area contributed by atoms with E-state index in [1.807, 2.05) is 0 Å². The zero-order valence-corrected chi connectivity index (χ0v) is 28.1. The van der Waals surface area contributed by atoms with Crippen molar-refractivity contribution in [1.82, 2.24) is 15.2 Å². The summed E-state index contributed by atoms with van der Waals surface area (Å²) in [6.45, 7) is 5.87. The van der Waals surface area contributed by atoms with E-state index in [0.29, 0.717) is 30.8 Å². The van der Waals surface area contributed by atoms with Crippen molar-refractivity contribution in [2.75, 3.05) is 29.9 Å². The number of rotatable bonds is 11. The Morgan fingerprint density at radius 1 is 0.917 bits per heavy atom. The van der Waals surface area contributed by atoms with Crippen LogP contribution in [0.3, 0.4) is 0 Å². The van der Waals surface area contributed by atoms with Crippen LogP contribution in [0.1, 0.15) is 89.0 Å². The molecule has 2 N–H and O–H groups in total. The quantitative estimate of drug-likeness (QED) is 0.191. The number of unbranched alkanes of at least 4 members (excludes halogenated alkanes) is 4. The van der Waals surface area contributed by atoms with Crippen molar-refractivity contribution in [2.24, 2.45) is 0 Å². The summed E-state index contributed by atoms with van der Waals surface area (Å²) in [4.78, 5) is 58.1. The van der Waals surface area contributed by atoms with Crippen molar-refractivity contribution in [2.45, 2.75) is 96.7 Å². The Bertz CT molecular complexity index is 1730. The lowest BCUT2D eigenvalue weighted by molar-refractivity contribution is -0.162. The van der Waals surface area contributed by atoms with Gasteiger partial charge in [0.05, 0.1) is 11.2 Å². The average Bonchev–Trinajstić information content (AvgIpc) is 3.55. The van der Waals surface area contributed by atoms with Crippen molar-refractivity contribution < 1.29 is 28.7 Å². The second-order valence-electron chi connectivity index (χ2n) is 13.0. The van der Waals surface area contributed by atoms with Gasteiger partial charge in [-0.2, -0.15) is 0 Å². The molecule has 6 rings (SSSR count). The Balaban J connectivity index is 0.968. The number of para-hydroxylation sites is 1. The van der Waals surface area contributed by atoms with Crippen LogP contribution in [0.15, 0.2) is 42.5 Å². The SMILES string of the molecule is CC(=O)OC12CCN(C(C)=O)C1N(C(C)=O)c1ccc(OC(=O)NCCCCCCCNc3c4c(nc5ccccc35)CCCC4)cc12. The molecule has 3 heterocycles. The molecule has 0 radical (unpaired) electrons. The monoisotopic (exact) mass is 655 g/mol. The molecule has 3 aliphatic rings. The molecule has 2 aromatic carbocycles. The van der Waals surface area contributed by atoms with E-state index in [2.05, 4.69) is 34.9 Å². The number of aromatic nitrogens is 1. The molecule has 3 aromatic rings. The standard InChI is InChI=1S/C37H45N5O6/c1-24(43)41-22-19-37(48-26(3)45)30-23-27(17-18-33(30)42(25(2)44)35(37)41)47-36(46)39-21-12-6-4-5-11-20-38-34-28-13-7-9-15-31(28)40-32-16-10-8-14-29(32)34/h7,9,13,15,17-18,23,35H,4-6,8,10-12,14,16,19-22H2,1-3H3,(H,38,40)(H,39,46). The van der Waals surface area contributed by atoms with E-state index in [0.717, 1.165) is 57.0 Å². The number of anilines is 2. The molecule has 1 fully saturated rings. The summed E-state index contributed by atoms with van der Waals surface area (Å²) in [5.74, 6) is -0.772. The van der Waals surface area contributed by atoms with Crippen LogP contribution >= 0.6 is 0 Å². The summed E-state index contributed by atoms with van der Waals surface area (Å²) < 4.78 is 11.5. The minimum absolute atomic E-state index is 0.225. The van der Waals surface area contributed by atoms with Crippen LogP contribution in [-0.2, 0) is 37.6 Å². The highest BCUT2D eigenvalue weighted by molar-refractivity contribution is 5.97. The number of nitrogens with zero attached hydrogens (tertiary/aromatic N) is 3. The van der Waals surface area contributed by atoms with E-state index < -0.39 is 23.8 Å². The zero-order valence-electron chi connectivity index (χ0n) is 28.1. The number of fused-ring (bicyclic) bond motifs is 5. The highest BCUT2D eigenvalue weighted by Crippen LogP contribution is 2.54. The van der Waals surface area contributed by atoms with Crippen LogP contribution in [0.25, 0.3) is 10.9 Å². The third-order valence-electron chi connectivity index (χ3n) is 9.74. The van der Waals surface area contributed by atoms with Crippen LogP contribution < -0.4 is 20.3 Å². The van der Waals surface area contributed by atoms with Crippen molar-refractivity contribution in [3.8, 4) is 5.75 Å². The molecule has 2 unspecified atom stereocenters. The number of hydrogen-bond acceptors (Lipinski definition) is 8. The van der Waals surface area contributed by atoms with Crippen LogP contribution in [0.2, 0.25) is 0 Å². The number of benzene rings is 2. The molecule has 254 valence electrons. The predicted molar refractivity (Wildman–Crippen MR) is 183 cm³/mol. The molecular formula is C37H45N5O6. The number of hydrogen-bond donors (Lipinski definition) is 2. The summed E-state index contributed by atoms with van der Waals surface area (Å²) >= 11 is 0. The van der Waals surface area contributed by atoms with Crippen molar-refractivity contribution in [1.29, 1.82) is 0 Å². The van der Waals surface area contributed by atoms with Crippen molar-refractivity contribution in [3.05, 3.63) is 59.3 Å². The van der Waals surface area contributed by atoms with Crippen LogP contribution in [0.4, 0.5) is 16.2 Å². The molecule has 0 spiro atoms. The second kappa shape index (κ2) is 14.2. The Labute approximate surface area is 281 Å². The predicted octanol–water partition coefficient (Wildman–Crippen LogP) is 5.97. The Hall–Kier alpha value is -4.67. The summed E-state index contributed by atoms with van der Waals surface area (Å²) in [6.07, 6.45) is 8.58. The maximum absolute atomic E-state index is 12.8. The summed E-state index contributed by atoms with van der Waals surface area (Å²) in [5.41, 5.74) is 4.79. The lowest BCUT2D eigenvalue weighted by Gasteiger charge is -2.35. The molecule has 1 saturated heterocycles. The van der Waals surface area contributed by atoms with E-state index in [-0.39, 0.29) is 17.6 Å². The summed E-state index contributed by atoms with van der Waals surface area (Å²) in [5, 5.41) is 7.77. The summed E-state index contributed by atoms with van der Waals surface area (Å²) in [7, 11) is 0. The number of amides is 3. The third-order valence-corrected chi connectivity index (χ3v) is 9.74. The maximum atomic E-state index is 12.8. The van der Waals surface area contributed by atoms with E-state index in [1.54, 1.807) is 23.1 Å². The highest BCUT2D eigenvalue weighted by Gasteiger charge is 2.62. The van der Waals surface area contributed by atoms with Gasteiger partial charge < -0.3 is 25.0 Å². The highest BCUT2D eigenvalue weighted by atomic mass is 16.6. The largest absolute Gasteiger partial charge is 0.450 e. The second-order valence-corrected chi connectivity index (χ2v) is 13.0. The van der Waals surface area contributed by atoms with E-state index in [9.17, 15) is 19.2 Å². The van der Waals surface area contributed by atoms with Gasteiger partial charge in [0.2, 0.25) is 11.8 Å². The maximum Gasteiger partial charge on any atom is 0.412 e. The van der Waals surface area contributed by atoms with Crippen LogP contribution in [-0.4, -0.2) is 59.6 Å². The van der Waals surface area contributed by atoms with E-state index in [1.165, 1.54) is 60.8 Å². The number of aryl methyl sites for hydroxylation is 1.